The van der Waals surface area contributed by atoms with E-state index in [9.17, 15) is 14.4 Å². The lowest BCUT2D eigenvalue weighted by Gasteiger charge is -2.21. The first-order valence-corrected chi connectivity index (χ1v) is 12.4. The molecule has 2 heterocycles. The Bertz CT molecular complexity index is 1250. The lowest BCUT2D eigenvalue weighted by molar-refractivity contribution is -0.135. The Balaban J connectivity index is 1.87. The van der Waals surface area contributed by atoms with Crippen LogP contribution in [-0.4, -0.2) is 36.1 Å². The Kier molecular flexibility index (Phi) is 8.62. The first-order chi connectivity index (χ1) is 15.9. The average Bonchev–Trinajstić information content (AvgIpc) is 3.40. The molecule has 0 aliphatic rings. The molecule has 1 N–H and O–H groups in total. The number of ether oxygens (including phenoxy) is 1. The number of thiazole rings is 1. The highest BCUT2D eigenvalue weighted by Crippen LogP contribution is 2.17. The van der Waals surface area contributed by atoms with Gasteiger partial charge in [-0.05, 0) is 62.6 Å². The number of rotatable bonds is 9. The molecule has 3 rings (SSSR count). The fraction of sp³-hybridized carbons (Fsp3) is 0.292. The monoisotopic (exact) mass is 485 g/mol. The van der Waals surface area contributed by atoms with Gasteiger partial charge < -0.3 is 15.0 Å². The van der Waals surface area contributed by atoms with Crippen molar-refractivity contribution in [1.82, 2.24) is 4.57 Å². The highest BCUT2D eigenvalue weighted by molar-refractivity contribution is 7.11. The Hall–Kier alpha value is -3.17. The summed E-state index contributed by atoms with van der Waals surface area (Å²) in [6.07, 6.45) is 3.02. The third-order valence-corrected chi connectivity index (χ3v) is 6.74. The SMILES string of the molecule is CCOC(=O)C=c1sc(=Cc2cccs2)c(=O)n1CC(=O)Nc1ccc(N(CC)CC)cc1. The first kappa shape index (κ1) is 24.5. The summed E-state index contributed by atoms with van der Waals surface area (Å²) in [4.78, 5) is 40.9. The van der Waals surface area contributed by atoms with Gasteiger partial charge in [0.15, 0.2) is 0 Å². The van der Waals surface area contributed by atoms with Crippen LogP contribution in [0.5, 0.6) is 0 Å². The van der Waals surface area contributed by atoms with E-state index >= 15 is 0 Å². The van der Waals surface area contributed by atoms with Crippen LogP contribution in [0.4, 0.5) is 11.4 Å². The molecule has 0 saturated heterocycles. The molecular weight excluding hydrogens is 458 g/mol. The third kappa shape index (κ3) is 6.43. The Labute approximate surface area is 200 Å². The van der Waals surface area contributed by atoms with Crippen molar-refractivity contribution in [3.63, 3.8) is 0 Å². The number of esters is 1. The number of anilines is 2. The molecule has 1 amide bonds. The summed E-state index contributed by atoms with van der Waals surface area (Å²) in [5.74, 6) is -0.908. The molecule has 174 valence electrons. The maximum Gasteiger partial charge on any atom is 0.333 e. The summed E-state index contributed by atoms with van der Waals surface area (Å²) in [5, 5.41) is 4.75. The number of amides is 1. The number of aromatic nitrogens is 1. The van der Waals surface area contributed by atoms with Crippen LogP contribution in [0.25, 0.3) is 12.2 Å². The average molecular weight is 486 g/mol. The minimum absolute atomic E-state index is 0.212. The second-order valence-corrected chi connectivity index (χ2v) is 9.06. The lowest BCUT2D eigenvalue weighted by atomic mass is 10.2. The highest BCUT2D eigenvalue weighted by Gasteiger charge is 2.12. The van der Waals surface area contributed by atoms with Gasteiger partial charge in [-0.2, -0.15) is 0 Å². The topological polar surface area (TPSA) is 80.6 Å². The molecular formula is C24H27N3O4S2. The molecule has 2 aromatic heterocycles. The molecule has 7 nitrogen and oxygen atoms in total. The van der Waals surface area contributed by atoms with E-state index in [1.54, 1.807) is 13.0 Å². The first-order valence-electron chi connectivity index (χ1n) is 10.7. The van der Waals surface area contributed by atoms with Gasteiger partial charge >= 0.3 is 5.97 Å². The fourth-order valence-electron chi connectivity index (χ4n) is 3.27. The Morgan fingerprint density at radius 1 is 1.12 bits per heavy atom. The second kappa shape index (κ2) is 11.6. The molecule has 0 atom stereocenters. The van der Waals surface area contributed by atoms with E-state index in [0.29, 0.717) is 14.9 Å². The second-order valence-electron chi connectivity index (χ2n) is 7.02. The van der Waals surface area contributed by atoms with Gasteiger partial charge in [0.25, 0.3) is 5.56 Å². The van der Waals surface area contributed by atoms with Crippen molar-refractivity contribution in [2.75, 3.05) is 29.9 Å². The van der Waals surface area contributed by atoms with Crippen LogP contribution in [0.2, 0.25) is 0 Å². The van der Waals surface area contributed by atoms with E-state index < -0.39 is 5.97 Å². The van der Waals surface area contributed by atoms with Crippen molar-refractivity contribution in [3.05, 3.63) is 66.2 Å². The number of benzene rings is 1. The van der Waals surface area contributed by atoms with Crippen LogP contribution in [0.1, 0.15) is 25.6 Å². The van der Waals surface area contributed by atoms with E-state index in [4.69, 9.17) is 4.74 Å². The molecule has 0 saturated carbocycles. The fourth-order valence-corrected chi connectivity index (χ4v) is 5.02. The van der Waals surface area contributed by atoms with Crippen LogP contribution in [0, 0.1) is 0 Å². The summed E-state index contributed by atoms with van der Waals surface area (Å²) in [5.41, 5.74) is 1.39. The smallest absolute Gasteiger partial charge is 0.333 e. The normalized spacial score (nSPS) is 12.1. The van der Waals surface area contributed by atoms with Crippen molar-refractivity contribution < 1.29 is 14.3 Å². The third-order valence-electron chi connectivity index (χ3n) is 4.86. The van der Waals surface area contributed by atoms with Crippen LogP contribution >= 0.6 is 22.7 Å². The summed E-state index contributed by atoms with van der Waals surface area (Å²) in [6.45, 7) is 7.70. The van der Waals surface area contributed by atoms with Crippen molar-refractivity contribution in [1.29, 1.82) is 0 Å². The van der Waals surface area contributed by atoms with Gasteiger partial charge in [-0.25, -0.2) is 4.79 Å². The zero-order chi connectivity index (χ0) is 23.8. The van der Waals surface area contributed by atoms with E-state index in [-0.39, 0.29) is 24.6 Å². The predicted molar refractivity (Wildman–Crippen MR) is 135 cm³/mol. The molecule has 9 heteroatoms. The maximum atomic E-state index is 13.0. The lowest BCUT2D eigenvalue weighted by Crippen LogP contribution is -2.36. The number of nitrogens with one attached hydrogen (secondary N) is 1. The summed E-state index contributed by atoms with van der Waals surface area (Å²) < 4.78 is 7.11. The summed E-state index contributed by atoms with van der Waals surface area (Å²) in [6, 6.07) is 11.4. The molecule has 0 aliphatic heterocycles. The van der Waals surface area contributed by atoms with E-state index in [1.807, 2.05) is 41.8 Å². The van der Waals surface area contributed by atoms with Crippen LogP contribution < -0.4 is 25.0 Å². The predicted octanol–water partition coefficient (Wildman–Crippen LogP) is 2.63. The minimum Gasteiger partial charge on any atom is -0.463 e. The number of carbonyl (C=O) groups is 2. The molecule has 0 bridgehead atoms. The van der Waals surface area contributed by atoms with Gasteiger partial charge in [-0.1, -0.05) is 6.07 Å². The van der Waals surface area contributed by atoms with E-state index in [0.717, 1.165) is 35.0 Å². The Morgan fingerprint density at radius 2 is 1.85 bits per heavy atom. The number of hydrogen-bond donors (Lipinski definition) is 1. The minimum atomic E-state index is -0.553. The van der Waals surface area contributed by atoms with Gasteiger partial charge in [0.1, 0.15) is 11.2 Å². The molecule has 0 aliphatic carbocycles. The zero-order valence-corrected chi connectivity index (χ0v) is 20.5. The van der Waals surface area contributed by atoms with Crippen molar-refractivity contribution in [3.8, 4) is 0 Å². The zero-order valence-electron chi connectivity index (χ0n) is 18.9. The number of carbonyl (C=O) groups excluding carboxylic acids is 2. The van der Waals surface area contributed by atoms with Crippen LogP contribution in [0.15, 0.2) is 46.6 Å². The molecule has 33 heavy (non-hydrogen) atoms. The van der Waals surface area contributed by atoms with Crippen LogP contribution in [-0.2, 0) is 20.9 Å². The maximum absolute atomic E-state index is 13.0. The van der Waals surface area contributed by atoms with Gasteiger partial charge in [0.2, 0.25) is 5.91 Å². The highest BCUT2D eigenvalue weighted by atomic mass is 32.1. The molecule has 0 fully saturated rings. The largest absolute Gasteiger partial charge is 0.463 e. The van der Waals surface area contributed by atoms with Crippen molar-refractivity contribution >= 4 is 58.1 Å². The van der Waals surface area contributed by atoms with Gasteiger partial charge in [-0.3, -0.25) is 14.2 Å². The quantitative estimate of drug-likeness (QED) is 0.472. The number of nitrogens with zero attached hydrogens (tertiary/aromatic N) is 2. The van der Waals surface area contributed by atoms with Gasteiger partial charge in [-0.15, -0.1) is 22.7 Å². The standard InChI is InChI=1S/C24H27N3O4S2/c1-4-26(5-2)18-11-9-17(10-12-18)25-21(28)16-27-22(15-23(29)31-6-3)33-20(24(27)30)14-19-8-7-13-32-19/h7-15H,4-6,16H2,1-3H3,(H,25,28). The van der Waals surface area contributed by atoms with E-state index in [2.05, 4.69) is 24.1 Å². The van der Waals surface area contributed by atoms with Crippen LogP contribution in [0.3, 0.4) is 0 Å². The summed E-state index contributed by atoms with van der Waals surface area (Å²) in [7, 11) is 0. The number of thiophene rings is 1. The Morgan fingerprint density at radius 3 is 2.45 bits per heavy atom. The van der Waals surface area contributed by atoms with Crippen molar-refractivity contribution in [2.24, 2.45) is 0 Å². The molecule has 3 aromatic rings. The number of hydrogen-bond acceptors (Lipinski definition) is 7. The summed E-state index contributed by atoms with van der Waals surface area (Å²) >= 11 is 2.66. The van der Waals surface area contributed by atoms with Gasteiger partial charge in [0, 0.05) is 29.3 Å². The van der Waals surface area contributed by atoms with E-state index in [1.165, 1.54) is 22.0 Å². The molecule has 0 spiro atoms. The van der Waals surface area contributed by atoms with Crippen molar-refractivity contribution in [2.45, 2.75) is 27.3 Å². The molecule has 0 radical (unpaired) electrons. The molecule has 0 unspecified atom stereocenters. The molecule has 1 aromatic carbocycles. The van der Waals surface area contributed by atoms with Gasteiger partial charge in [0.05, 0.1) is 17.2 Å².